The predicted octanol–water partition coefficient (Wildman–Crippen LogP) is 3.44. The summed E-state index contributed by atoms with van der Waals surface area (Å²) in [6, 6.07) is 5.04. The van der Waals surface area contributed by atoms with Crippen LogP contribution in [-0.4, -0.2) is 29.1 Å². The van der Waals surface area contributed by atoms with Crippen LogP contribution in [0.15, 0.2) is 28.9 Å². The van der Waals surface area contributed by atoms with Crippen LogP contribution in [0.5, 0.6) is 0 Å². The smallest absolute Gasteiger partial charge is 0.306 e. The van der Waals surface area contributed by atoms with Gasteiger partial charge in [0.2, 0.25) is 0 Å². The van der Waals surface area contributed by atoms with Gasteiger partial charge in [-0.25, -0.2) is 4.39 Å². The number of pyridine rings is 1. The Morgan fingerprint density at radius 1 is 1.38 bits per heavy atom. The molecule has 1 fully saturated rings. The normalized spacial score (nSPS) is 16.4. The quantitative estimate of drug-likeness (QED) is 0.899. The van der Waals surface area contributed by atoms with Gasteiger partial charge in [0.25, 0.3) is 0 Å². The number of nitrogens with zero attached hydrogens (tertiary/aromatic N) is 2. The van der Waals surface area contributed by atoms with E-state index in [1.807, 2.05) is 6.07 Å². The van der Waals surface area contributed by atoms with E-state index in [2.05, 4.69) is 25.8 Å². The van der Waals surface area contributed by atoms with Gasteiger partial charge >= 0.3 is 5.97 Å². The zero-order valence-electron chi connectivity index (χ0n) is 11.2. The van der Waals surface area contributed by atoms with E-state index in [0.717, 1.165) is 11.1 Å². The summed E-state index contributed by atoms with van der Waals surface area (Å²) in [5.74, 6) is -1.32. The number of aliphatic carboxylic acids is 1. The highest BCUT2D eigenvalue weighted by molar-refractivity contribution is 9.10. The minimum absolute atomic E-state index is 0.265. The fourth-order valence-electron chi connectivity index (χ4n) is 2.77. The minimum Gasteiger partial charge on any atom is -0.481 e. The Hall–Kier alpha value is -1.69. The van der Waals surface area contributed by atoms with Crippen LogP contribution in [-0.2, 0) is 4.79 Å². The molecular formula is C15H14BrFN2O2. The van der Waals surface area contributed by atoms with E-state index in [1.54, 1.807) is 12.3 Å². The Bertz CT molecular complexity index is 699. The Balaban J connectivity index is 1.94. The number of hydrogen-bond donors (Lipinski definition) is 1. The van der Waals surface area contributed by atoms with Crippen LogP contribution in [0, 0.1) is 11.7 Å². The molecule has 2 heterocycles. The molecular weight excluding hydrogens is 339 g/mol. The van der Waals surface area contributed by atoms with E-state index in [0.29, 0.717) is 35.9 Å². The van der Waals surface area contributed by atoms with Crippen molar-refractivity contribution in [3.63, 3.8) is 0 Å². The van der Waals surface area contributed by atoms with Crippen molar-refractivity contribution in [2.75, 3.05) is 18.0 Å². The maximum absolute atomic E-state index is 13.6. The van der Waals surface area contributed by atoms with Crippen molar-refractivity contribution in [1.82, 2.24) is 4.98 Å². The molecule has 0 atom stereocenters. The van der Waals surface area contributed by atoms with E-state index in [4.69, 9.17) is 5.11 Å². The van der Waals surface area contributed by atoms with E-state index in [1.165, 1.54) is 6.07 Å². The number of anilines is 1. The Morgan fingerprint density at radius 2 is 2.10 bits per heavy atom. The molecule has 0 spiro atoms. The molecule has 1 aliphatic rings. The first-order valence-corrected chi connectivity index (χ1v) is 7.57. The Kier molecular flexibility index (Phi) is 3.80. The number of carboxylic acids is 1. The first-order valence-electron chi connectivity index (χ1n) is 6.78. The summed E-state index contributed by atoms with van der Waals surface area (Å²) in [7, 11) is 0. The van der Waals surface area contributed by atoms with Gasteiger partial charge in [-0.1, -0.05) is 0 Å². The summed E-state index contributed by atoms with van der Waals surface area (Å²) in [4.78, 5) is 17.4. The molecule has 0 amide bonds. The highest BCUT2D eigenvalue weighted by Gasteiger charge is 2.25. The lowest BCUT2D eigenvalue weighted by molar-refractivity contribution is -0.142. The molecule has 1 aromatic carbocycles. The van der Waals surface area contributed by atoms with Gasteiger partial charge in [0.1, 0.15) is 5.82 Å². The van der Waals surface area contributed by atoms with Gasteiger partial charge in [-0.3, -0.25) is 9.78 Å². The summed E-state index contributed by atoms with van der Waals surface area (Å²) in [6.45, 7) is 1.37. The first kappa shape index (κ1) is 14.3. The van der Waals surface area contributed by atoms with Crippen molar-refractivity contribution in [1.29, 1.82) is 0 Å². The lowest BCUT2D eigenvalue weighted by atomic mass is 9.96. The van der Waals surface area contributed by atoms with Gasteiger partial charge < -0.3 is 10.0 Å². The van der Waals surface area contributed by atoms with Crippen LogP contribution >= 0.6 is 15.9 Å². The monoisotopic (exact) mass is 352 g/mol. The Labute approximate surface area is 129 Å². The molecule has 3 rings (SSSR count). The lowest BCUT2D eigenvalue weighted by Gasteiger charge is -2.32. The second-order valence-corrected chi connectivity index (χ2v) is 6.07. The number of benzene rings is 1. The average molecular weight is 353 g/mol. The maximum Gasteiger partial charge on any atom is 0.306 e. The molecule has 0 radical (unpaired) electrons. The summed E-state index contributed by atoms with van der Waals surface area (Å²) in [6.07, 6.45) is 2.91. The number of carbonyl (C=O) groups is 1. The topological polar surface area (TPSA) is 53.4 Å². The third-order valence-corrected chi connectivity index (χ3v) is 4.55. The molecule has 0 saturated carbocycles. The maximum atomic E-state index is 13.6. The van der Waals surface area contributed by atoms with Gasteiger partial charge in [-0.05, 0) is 40.9 Å². The average Bonchev–Trinajstić information content (AvgIpc) is 2.48. The van der Waals surface area contributed by atoms with Crippen molar-refractivity contribution < 1.29 is 14.3 Å². The number of halogens is 2. The first-order chi connectivity index (χ1) is 10.1. The summed E-state index contributed by atoms with van der Waals surface area (Å²) in [5, 5.41) is 9.93. The van der Waals surface area contributed by atoms with Gasteiger partial charge in [-0.15, -0.1) is 0 Å². The fourth-order valence-corrected chi connectivity index (χ4v) is 3.11. The number of carboxylic acid groups (broad SMARTS) is 1. The highest BCUT2D eigenvalue weighted by atomic mass is 79.9. The molecule has 110 valence electrons. The predicted molar refractivity (Wildman–Crippen MR) is 82.0 cm³/mol. The Morgan fingerprint density at radius 3 is 2.76 bits per heavy atom. The number of piperidine rings is 1. The van der Waals surface area contributed by atoms with Crippen LogP contribution in [0.2, 0.25) is 0 Å². The van der Waals surface area contributed by atoms with Crippen molar-refractivity contribution in [2.45, 2.75) is 12.8 Å². The molecule has 1 aromatic heterocycles. The third-order valence-electron chi connectivity index (χ3n) is 3.95. The second kappa shape index (κ2) is 5.60. The number of aromatic nitrogens is 1. The lowest BCUT2D eigenvalue weighted by Crippen LogP contribution is -2.36. The van der Waals surface area contributed by atoms with E-state index < -0.39 is 5.97 Å². The van der Waals surface area contributed by atoms with Crippen LogP contribution < -0.4 is 4.90 Å². The number of fused-ring (bicyclic) bond motifs is 1. The van der Waals surface area contributed by atoms with Crippen LogP contribution in [0.4, 0.5) is 10.1 Å². The largest absolute Gasteiger partial charge is 0.481 e. The van der Waals surface area contributed by atoms with Crippen LogP contribution in [0.1, 0.15) is 12.8 Å². The molecule has 2 aromatic rings. The van der Waals surface area contributed by atoms with Crippen LogP contribution in [0.25, 0.3) is 10.9 Å². The fraction of sp³-hybridized carbons (Fsp3) is 0.333. The van der Waals surface area contributed by atoms with Gasteiger partial charge in [0, 0.05) is 36.4 Å². The molecule has 1 saturated heterocycles. The molecule has 6 heteroatoms. The number of rotatable bonds is 2. The van der Waals surface area contributed by atoms with Crippen molar-refractivity contribution in [3.05, 3.63) is 34.7 Å². The zero-order chi connectivity index (χ0) is 15.0. The summed E-state index contributed by atoms with van der Waals surface area (Å²) < 4.78 is 14.0. The minimum atomic E-state index is -0.723. The number of hydrogen-bond acceptors (Lipinski definition) is 3. The zero-order valence-corrected chi connectivity index (χ0v) is 12.8. The van der Waals surface area contributed by atoms with Crippen LogP contribution in [0.3, 0.4) is 0 Å². The molecule has 21 heavy (non-hydrogen) atoms. The molecule has 1 N–H and O–H groups in total. The van der Waals surface area contributed by atoms with Gasteiger partial charge in [-0.2, -0.15) is 0 Å². The molecule has 0 aliphatic carbocycles. The molecule has 1 aliphatic heterocycles. The molecule has 4 nitrogen and oxygen atoms in total. The summed E-state index contributed by atoms with van der Waals surface area (Å²) in [5.41, 5.74) is 1.58. The standard InChI is InChI=1S/C15H14BrFN2O2/c16-11-7-10-13(8-12(11)17)18-4-1-14(10)19-5-2-9(3-6-19)15(20)21/h1,4,7-9H,2-3,5-6H2,(H,20,21). The molecule has 0 bridgehead atoms. The van der Waals surface area contributed by atoms with E-state index >= 15 is 0 Å². The van der Waals surface area contributed by atoms with Crippen molar-refractivity contribution in [3.8, 4) is 0 Å². The second-order valence-electron chi connectivity index (χ2n) is 5.21. The summed E-state index contributed by atoms with van der Waals surface area (Å²) >= 11 is 3.20. The van der Waals surface area contributed by atoms with E-state index in [-0.39, 0.29) is 11.7 Å². The highest BCUT2D eigenvalue weighted by Crippen LogP contribution is 2.32. The third kappa shape index (κ3) is 2.72. The SMILES string of the molecule is O=C(O)C1CCN(c2ccnc3cc(F)c(Br)cc23)CC1. The molecule has 0 unspecified atom stereocenters. The van der Waals surface area contributed by atoms with Gasteiger partial charge in [0.15, 0.2) is 0 Å². The van der Waals surface area contributed by atoms with Gasteiger partial charge in [0.05, 0.1) is 15.9 Å². The van der Waals surface area contributed by atoms with E-state index in [9.17, 15) is 9.18 Å². The van der Waals surface area contributed by atoms with Crippen molar-refractivity contribution in [2.24, 2.45) is 5.92 Å². The van der Waals surface area contributed by atoms with Crippen molar-refractivity contribution >= 4 is 38.5 Å².